The van der Waals surface area contributed by atoms with Crippen LogP contribution in [0.4, 0.5) is 5.69 Å². The van der Waals surface area contributed by atoms with Gasteiger partial charge in [-0.3, -0.25) is 0 Å². The van der Waals surface area contributed by atoms with Gasteiger partial charge in [0.05, 0.1) is 24.1 Å². The van der Waals surface area contributed by atoms with Gasteiger partial charge in [0.15, 0.2) is 0 Å². The maximum atomic E-state index is 9.45. The minimum Gasteiger partial charge on any atom is -0.374 e. The van der Waals surface area contributed by atoms with Gasteiger partial charge >= 0.3 is 0 Å². The van der Waals surface area contributed by atoms with Crippen molar-refractivity contribution in [2.75, 3.05) is 18.5 Å². The molecular formula is C21H21N3. The number of rotatable bonds is 6. The fourth-order valence-electron chi connectivity index (χ4n) is 2.44. The summed E-state index contributed by atoms with van der Waals surface area (Å²) < 4.78 is 0. The van der Waals surface area contributed by atoms with Crippen LogP contribution in [0.5, 0.6) is 0 Å². The lowest BCUT2D eigenvalue weighted by molar-refractivity contribution is 0.905. The molecule has 0 radical (unpaired) electrons. The van der Waals surface area contributed by atoms with Crippen LogP contribution in [0.25, 0.3) is 11.6 Å². The second kappa shape index (κ2) is 8.56. The van der Waals surface area contributed by atoms with Gasteiger partial charge in [-0.2, -0.15) is 10.5 Å². The molecule has 0 aliphatic rings. The van der Waals surface area contributed by atoms with E-state index in [9.17, 15) is 5.26 Å². The molecule has 120 valence electrons. The van der Waals surface area contributed by atoms with E-state index in [1.54, 1.807) is 0 Å². The number of hydrogen-bond acceptors (Lipinski definition) is 3. The first-order chi connectivity index (χ1) is 11.7. The Morgan fingerprint density at radius 3 is 2.25 bits per heavy atom. The van der Waals surface area contributed by atoms with E-state index in [1.807, 2.05) is 54.4 Å². The zero-order valence-electron chi connectivity index (χ0n) is 14.2. The van der Waals surface area contributed by atoms with Gasteiger partial charge in [-0.15, -0.1) is 0 Å². The van der Waals surface area contributed by atoms with Gasteiger partial charge in [0.25, 0.3) is 0 Å². The molecule has 2 aromatic rings. The van der Waals surface area contributed by atoms with E-state index >= 15 is 0 Å². The first-order valence-corrected chi connectivity index (χ1v) is 8.07. The van der Waals surface area contributed by atoms with Crippen LogP contribution < -0.4 is 4.90 Å². The van der Waals surface area contributed by atoms with Crippen LogP contribution in [0.3, 0.4) is 0 Å². The molecule has 2 aromatic carbocycles. The fraction of sp³-hybridized carbons (Fsp3) is 0.238. The Kier molecular flexibility index (Phi) is 6.17. The number of anilines is 1. The molecule has 3 nitrogen and oxygen atoms in total. The lowest BCUT2D eigenvalue weighted by atomic mass is 10.0. The van der Waals surface area contributed by atoms with Gasteiger partial charge in [0, 0.05) is 19.3 Å². The van der Waals surface area contributed by atoms with E-state index in [4.69, 9.17) is 5.26 Å². The molecule has 0 aliphatic carbocycles. The minimum atomic E-state index is 0.504. The Morgan fingerprint density at radius 2 is 1.71 bits per heavy atom. The Labute approximate surface area is 144 Å². The summed E-state index contributed by atoms with van der Waals surface area (Å²) in [5, 5.41) is 18.1. The Balaban J connectivity index is 2.19. The van der Waals surface area contributed by atoms with E-state index in [1.165, 1.54) is 5.56 Å². The average Bonchev–Trinajstić information content (AvgIpc) is 2.64. The SMILES string of the molecule is CCc1ccc(/C(C#N)=C/c2ccc(N(C)CCC#N)cc2)cc1. The van der Waals surface area contributed by atoms with Crippen LogP contribution in [-0.2, 0) is 6.42 Å². The first kappa shape index (κ1) is 17.3. The lowest BCUT2D eigenvalue weighted by Gasteiger charge is -2.17. The van der Waals surface area contributed by atoms with Crippen LogP contribution in [0, 0.1) is 22.7 Å². The van der Waals surface area contributed by atoms with Gasteiger partial charge in [-0.25, -0.2) is 0 Å². The first-order valence-electron chi connectivity index (χ1n) is 8.07. The highest BCUT2D eigenvalue weighted by molar-refractivity contribution is 5.89. The lowest BCUT2D eigenvalue weighted by Crippen LogP contribution is -2.17. The van der Waals surface area contributed by atoms with E-state index in [0.29, 0.717) is 18.5 Å². The van der Waals surface area contributed by atoms with Crippen molar-refractivity contribution in [1.82, 2.24) is 0 Å². The summed E-state index contributed by atoms with van der Waals surface area (Å²) in [6.07, 6.45) is 3.40. The second-order valence-corrected chi connectivity index (χ2v) is 5.64. The number of allylic oxidation sites excluding steroid dienone is 1. The molecule has 0 saturated carbocycles. The Hall–Kier alpha value is -3.04. The molecule has 0 aliphatic heterocycles. The van der Waals surface area contributed by atoms with Crippen LogP contribution in [0.1, 0.15) is 30.0 Å². The molecule has 0 atom stereocenters. The molecule has 0 heterocycles. The topological polar surface area (TPSA) is 50.8 Å². The standard InChI is InChI=1S/C21H21N3/c1-3-17-5-9-19(10-6-17)20(16-23)15-18-7-11-21(12-8-18)24(2)14-4-13-22/h5-12,15H,3-4,14H2,1-2H3/b20-15+. The predicted octanol–water partition coefficient (Wildman–Crippen LogP) is 4.66. The second-order valence-electron chi connectivity index (χ2n) is 5.64. The molecule has 0 saturated heterocycles. The zero-order chi connectivity index (χ0) is 17.4. The molecule has 0 amide bonds. The number of nitriles is 2. The van der Waals surface area contributed by atoms with E-state index in [-0.39, 0.29) is 0 Å². The van der Waals surface area contributed by atoms with E-state index in [0.717, 1.165) is 23.2 Å². The molecule has 0 N–H and O–H groups in total. The van der Waals surface area contributed by atoms with Crippen molar-refractivity contribution in [3.05, 3.63) is 65.2 Å². The summed E-state index contributed by atoms with van der Waals surface area (Å²) in [6, 6.07) is 20.6. The third-order valence-electron chi connectivity index (χ3n) is 4.00. The summed E-state index contributed by atoms with van der Waals surface area (Å²) in [5.74, 6) is 0. The van der Waals surface area contributed by atoms with Crippen LogP contribution in [0.15, 0.2) is 48.5 Å². The van der Waals surface area contributed by atoms with Crippen LogP contribution in [0.2, 0.25) is 0 Å². The maximum absolute atomic E-state index is 9.45. The summed E-state index contributed by atoms with van der Waals surface area (Å²) in [5.41, 5.74) is 4.91. The highest BCUT2D eigenvalue weighted by Crippen LogP contribution is 2.21. The zero-order valence-corrected chi connectivity index (χ0v) is 14.2. The number of hydrogen-bond donors (Lipinski definition) is 0. The van der Waals surface area contributed by atoms with Crippen molar-refractivity contribution >= 4 is 17.3 Å². The summed E-state index contributed by atoms with van der Waals surface area (Å²) >= 11 is 0. The van der Waals surface area contributed by atoms with E-state index < -0.39 is 0 Å². The number of benzene rings is 2. The van der Waals surface area contributed by atoms with Crippen molar-refractivity contribution in [3.63, 3.8) is 0 Å². The number of aryl methyl sites for hydroxylation is 1. The van der Waals surface area contributed by atoms with Crippen LogP contribution >= 0.6 is 0 Å². The predicted molar refractivity (Wildman–Crippen MR) is 99.2 cm³/mol. The molecule has 0 fully saturated rings. The Bertz CT molecular complexity index is 772. The Morgan fingerprint density at radius 1 is 1.04 bits per heavy atom. The highest BCUT2D eigenvalue weighted by Gasteiger charge is 2.03. The number of nitrogens with zero attached hydrogens (tertiary/aromatic N) is 3. The average molecular weight is 315 g/mol. The van der Waals surface area contributed by atoms with Crippen molar-refractivity contribution in [1.29, 1.82) is 10.5 Å². The summed E-state index contributed by atoms with van der Waals surface area (Å²) in [6.45, 7) is 2.82. The minimum absolute atomic E-state index is 0.504. The van der Waals surface area contributed by atoms with Crippen LogP contribution in [-0.4, -0.2) is 13.6 Å². The summed E-state index contributed by atoms with van der Waals surface area (Å²) in [4.78, 5) is 2.05. The normalized spacial score (nSPS) is 10.8. The van der Waals surface area contributed by atoms with Crippen molar-refractivity contribution < 1.29 is 0 Å². The monoisotopic (exact) mass is 315 g/mol. The molecule has 0 bridgehead atoms. The van der Waals surface area contributed by atoms with Gasteiger partial charge in [-0.1, -0.05) is 43.3 Å². The van der Waals surface area contributed by atoms with Crippen molar-refractivity contribution in [2.24, 2.45) is 0 Å². The van der Waals surface area contributed by atoms with Gasteiger partial charge in [0.2, 0.25) is 0 Å². The van der Waals surface area contributed by atoms with Crippen molar-refractivity contribution in [3.8, 4) is 12.1 Å². The molecular weight excluding hydrogens is 294 g/mol. The largest absolute Gasteiger partial charge is 0.374 e. The highest BCUT2D eigenvalue weighted by atomic mass is 15.1. The molecule has 2 rings (SSSR count). The smallest absolute Gasteiger partial charge is 0.0998 e. The summed E-state index contributed by atoms with van der Waals surface area (Å²) in [7, 11) is 1.97. The third-order valence-corrected chi connectivity index (χ3v) is 4.00. The molecule has 3 heteroatoms. The maximum Gasteiger partial charge on any atom is 0.0998 e. The fourth-order valence-corrected chi connectivity index (χ4v) is 2.44. The van der Waals surface area contributed by atoms with Gasteiger partial charge in [0.1, 0.15) is 0 Å². The van der Waals surface area contributed by atoms with E-state index in [2.05, 4.69) is 31.2 Å². The van der Waals surface area contributed by atoms with Gasteiger partial charge < -0.3 is 4.90 Å². The molecule has 24 heavy (non-hydrogen) atoms. The molecule has 0 aromatic heterocycles. The quantitative estimate of drug-likeness (QED) is 0.575. The third kappa shape index (κ3) is 4.48. The molecule has 0 unspecified atom stereocenters. The van der Waals surface area contributed by atoms with Crippen molar-refractivity contribution in [2.45, 2.75) is 19.8 Å². The molecule has 0 spiro atoms. The van der Waals surface area contributed by atoms with Gasteiger partial charge in [-0.05, 0) is 41.3 Å².